The van der Waals surface area contributed by atoms with Gasteiger partial charge in [-0.3, -0.25) is 14.4 Å². The number of nitrogens with one attached hydrogen (secondary N) is 3. The van der Waals surface area contributed by atoms with E-state index in [-0.39, 0.29) is 42.8 Å². The van der Waals surface area contributed by atoms with Crippen molar-refractivity contribution in [2.24, 2.45) is 16.8 Å². The van der Waals surface area contributed by atoms with Crippen LogP contribution in [0.15, 0.2) is 59.8 Å². The van der Waals surface area contributed by atoms with E-state index >= 15 is 0 Å². The van der Waals surface area contributed by atoms with E-state index in [1.165, 1.54) is 5.56 Å². The monoisotopic (exact) mass is 523 g/mol. The van der Waals surface area contributed by atoms with Gasteiger partial charge in [0, 0.05) is 12.1 Å². The first-order valence-electron chi connectivity index (χ1n) is 12.9. The second-order valence-electron chi connectivity index (χ2n) is 9.81. The highest BCUT2D eigenvalue weighted by Crippen LogP contribution is 2.27. The third-order valence-electron chi connectivity index (χ3n) is 6.21. The second kappa shape index (κ2) is 14.1. The fraction of sp³-hybridized carbons (Fsp3) is 0.429. The lowest BCUT2D eigenvalue weighted by atomic mass is 9.86. The summed E-state index contributed by atoms with van der Waals surface area (Å²) in [4.78, 5) is 41.6. The highest BCUT2D eigenvalue weighted by molar-refractivity contribution is 5.97. The summed E-state index contributed by atoms with van der Waals surface area (Å²) in [5, 5.41) is 12.5. The predicted octanol–water partition coefficient (Wildman–Crippen LogP) is 2.77. The van der Waals surface area contributed by atoms with Gasteiger partial charge < -0.3 is 26.4 Å². The lowest BCUT2D eigenvalue weighted by Crippen LogP contribution is -2.53. The molecule has 1 heterocycles. The molecule has 10 heteroatoms. The van der Waals surface area contributed by atoms with Crippen molar-refractivity contribution < 1.29 is 24.0 Å². The van der Waals surface area contributed by atoms with Gasteiger partial charge in [0.05, 0.1) is 12.6 Å². The minimum atomic E-state index is -0.919. The van der Waals surface area contributed by atoms with Crippen molar-refractivity contribution in [3.8, 4) is 0 Å². The molecule has 1 aliphatic heterocycles. The zero-order valence-corrected chi connectivity index (χ0v) is 22.1. The van der Waals surface area contributed by atoms with E-state index < -0.39 is 12.2 Å². The fourth-order valence-electron chi connectivity index (χ4n) is 4.06. The standard InChI is InChI=1S/C28H37N5O5/c1-18(2)17-37-28(36)38-33-25(29)22-11-9-20(10-12-22)16-31-26(34)19(3)32-27(35)24-15-23(13-14-30-24)21-7-5-4-6-8-21/h4-12,18-19,23-24,30H,13-17H2,1-3H3,(H2,29,33)(H,31,34)(H,32,35)/t19-,23-,24+/m0/s1. The number of oxime groups is 1. The number of amides is 2. The first-order chi connectivity index (χ1) is 18.2. The maximum absolute atomic E-state index is 12.8. The number of benzene rings is 2. The Morgan fingerprint density at radius 1 is 1.08 bits per heavy atom. The number of hydrogen-bond acceptors (Lipinski definition) is 7. The van der Waals surface area contributed by atoms with Crippen molar-refractivity contribution in [2.45, 2.75) is 58.2 Å². The Labute approximate surface area is 223 Å². The van der Waals surface area contributed by atoms with Crippen LogP contribution in [0.25, 0.3) is 0 Å². The van der Waals surface area contributed by atoms with E-state index in [9.17, 15) is 14.4 Å². The number of hydrogen-bond donors (Lipinski definition) is 4. The first kappa shape index (κ1) is 28.6. The lowest BCUT2D eigenvalue weighted by molar-refractivity contribution is -0.130. The van der Waals surface area contributed by atoms with Crippen LogP contribution in [0.3, 0.4) is 0 Å². The molecular weight excluding hydrogens is 486 g/mol. The van der Waals surface area contributed by atoms with Gasteiger partial charge in [0.2, 0.25) is 11.8 Å². The van der Waals surface area contributed by atoms with E-state index in [2.05, 4.69) is 38.1 Å². The van der Waals surface area contributed by atoms with Crippen LogP contribution in [0.5, 0.6) is 0 Å². The van der Waals surface area contributed by atoms with Crippen molar-refractivity contribution in [1.82, 2.24) is 16.0 Å². The zero-order chi connectivity index (χ0) is 27.5. The average Bonchev–Trinajstić information content (AvgIpc) is 2.94. The molecule has 0 bridgehead atoms. The molecule has 0 saturated carbocycles. The Morgan fingerprint density at radius 2 is 1.79 bits per heavy atom. The molecule has 2 amide bonds. The van der Waals surface area contributed by atoms with Gasteiger partial charge in [-0.25, -0.2) is 4.79 Å². The van der Waals surface area contributed by atoms with Crippen molar-refractivity contribution in [3.63, 3.8) is 0 Å². The smallest absolute Gasteiger partial charge is 0.432 e. The Balaban J connectivity index is 1.43. The molecule has 1 aliphatic rings. The van der Waals surface area contributed by atoms with Crippen LogP contribution in [0, 0.1) is 5.92 Å². The highest BCUT2D eigenvalue weighted by atomic mass is 16.8. The summed E-state index contributed by atoms with van der Waals surface area (Å²) >= 11 is 0. The Bertz CT molecular complexity index is 1100. The van der Waals surface area contributed by atoms with Crippen LogP contribution in [-0.4, -0.2) is 49.0 Å². The summed E-state index contributed by atoms with van der Waals surface area (Å²) in [6.45, 7) is 6.72. The molecule has 0 aliphatic carbocycles. The number of nitrogens with zero attached hydrogens (tertiary/aromatic N) is 1. The highest BCUT2D eigenvalue weighted by Gasteiger charge is 2.29. The van der Waals surface area contributed by atoms with E-state index in [0.717, 1.165) is 18.5 Å². The molecule has 1 saturated heterocycles. The van der Waals surface area contributed by atoms with Gasteiger partial charge in [0.25, 0.3) is 0 Å². The topological polar surface area (TPSA) is 144 Å². The van der Waals surface area contributed by atoms with Crippen molar-refractivity contribution in [1.29, 1.82) is 0 Å². The summed E-state index contributed by atoms with van der Waals surface area (Å²) in [6.07, 6.45) is 0.739. The SMILES string of the molecule is CC(C)COC(=O)O/N=C(\N)c1ccc(CNC(=O)[C@H](C)NC(=O)[C@H]2C[C@@H](c3ccccc3)CCN2)cc1. The molecule has 0 aromatic heterocycles. The van der Waals surface area contributed by atoms with Gasteiger partial charge in [-0.15, -0.1) is 0 Å². The maximum Gasteiger partial charge on any atom is 0.535 e. The maximum atomic E-state index is 12.8. The third kappa shape index (κ3) is 8.88. The van der Waals surface area contributed by atoms with Crippen LogP contribution in [0.2, 0.25) is 0 Å². The molecule has 0 unspecified atom stereocenters. The van der Waals surface area contributed by atoms with Crippen LogP contribution < -0.4 is 21.7 Å². The van der Waals surface area contributed by atoms with E-state index in [1.807, 2.05) is 32.0 Å². The molecular formula is C28H37N5O5. The lowest BCUT2D eigenvalue weighted by Gasteiger charge is -2.30. The number of ether oxygens (including phenoxy) is 1. The summed E-state index contributed by atoms with van der Waals surface area (Å²) in [7, 11) is 0. The number of piperidine rings is 1. The predicted molar refractivity (Wildman–Crippen MR) is 144 cm³/mol. The van der Waals surface area contributed by atoms with Gasteiger partial charge in [-0.2, -0.15) is 0 Å². The Morgan fingerprint density at radius 3 is 2.47 bits per heavy atom. The zero-order valence-electron chi connectivity index (χ0n) is 22.1. The quantitative estimate of drug-likeness (QED) is 0.123. The largest absolute Gasteiger partial charge is 0.535 e. The number of rotatable bonds is 10. The molecule has 1 fully saturated rings. The third-order valence-corrected chi connectivity index (χ3v) is 6.21. The van der Waals surface area contributed by atoms with E-state index in [0.29, 0.717) is 17.9 Å². The minimum absolute atomic E-state index is 0.0178. The van der Waals surface area contributed by atoms with Crippen LogP contribution in [-0.2, 0) is 25.7 Å². The number of carbonyl (C=O) groups excluding carboxylic acids is 3. The van der Waals surface area contributed by atoms with Crippen LogP contribution in [0.4, 0.5) is 4.79 Å². The normalized spacial score (nSPS) is 18.4. The minimum Gasteiger partial charge on any atom is -0.432 e. The van der Waals surface area contributed by atoms with Crippen molar-refractivity contribution in [3.05, 3.63) is 71.3 Å². The molecule has 3 rings (SSSR count). The molecule has 0 spiro atoms. The van der Waals surface area contributed by atoms with Crippen molar-refractivity contribution >= 4 is 23.8 Å². The van der Waals surface area contributed by atoms with E-state index in [4.69, 9.17) is 10.5 Å². The van der Waals surface area contributed by atoms with Gasteiger partial charge in [-0.05, 0) is 49.3 Å². The van der Waals surface area contributed by atoms with Gasteiger partial charge >= 0.3 is 6.16 Å². The average molecular weight is 524 g/mol. The van der Waals surface area contributed by atoms with Crippen molar-refractivity contribution in [2.75, 3.05) is 13.2 Å². The molecule has 10 nitrogen and oxygen atoms in total. The molecule has 2 aromatic rings. The Kier molecular flexibility index (Phi) is 10.7. The first-order valence-corrected chi connectivity index (χ1v) is 12.9. The molecule has 3 atom stereocenters. The number of carbonyl (C=O) groups is 3. The number of amidine groups is 1. The molecule has 204 valence electrons. The molecule has 0 radical (unpaired) electrons. The van der Waals surface area contributed by atoms with Gasteiger partial charge in [0.15, 0.2) is 5.84 Å². The number of nitrogens with two attached hydrogens (primary N) is 1. The summed E-state index contributed by atoms with van der Waals surface area (Å²) in [6, 6.07) is 16.1. The second-order valence-corrected chi connectivity index (χ2v) is 9.81. The molecule has 2 aromatic carbocycles. The summed E-state index contributed by atoms with van der Waals surface area (Å²) in [5.41, 5.74) is 8.46. The summed E-state index contributed by atoms with van der Waals surface area (Å²) < 4.78 is 4.87. The van der Waals surface area contributed by atoms with Gasteiger partial charge in [0.1, 0.15) is 6.04 Å². The van der Waals surface area contributed by atoms with Gasteiger partial charge in [-0.1, -0.05) is 73.6 Å². The summed E-state index contributed by atoms with van der Waals surface area (Å²) in [5.74, 6) is 0.0431. The van der Waals surface area contributed by atoms with Crippen LogP contribution in [0.1, 0.15) is 56.2 Å². The molecule has 38 heavy (non-hydrogen) atoms. The fourth-order valence-corrected chi connectivity index (χ4v) is 4.06. The van der Waals surface area contributed by atoms with E-state index in [1.54, 1.807) is 31.2 Å². The van der Waals surface area contributed by atoms with Crippen LogP contribution >= 0.6 is 0 Å². The molecule has 5 N–H and O–H groups in total. The Hall–Kier alpha value is -3.92.